The van der Waals surface area contributed by atoms with E-state index >= 15 is 0 Å². The molecule has 0 N–H and O–H groups in total. The summed E-state index contributed by atoms with van der Waals surface area (Å²) in [5.41, 5.74) is 1.87. The van der Waals surface area contributed by atoms with Gasteiger partial charge in [0, 0.05) is 5.69 Å². The number of hydrogen-bond donors (Lipinski definition) is 0. The van der Waals surface area contributed by atoms with Crippen molar-refractivity contribution in [3.8, 4) is 0 Å². The Morgan fingerprint density at radius 3 is 2.92 bits per heavy atom. The molecule has 0 radical (unpaired) electrons. The highest BCUT2D eigenvalue weighted by Crippen LogP contribution is 2.26. The van der Waals surface area contributed by atoms with E-state index in [0.717, 1.165) is 11.2 Å². The maximum atomic E-state index is 5.93. The van der Waals surface area contributed by atoms with Gasteiger partial charge >= 0.3 is 0 Å². The second kappa shape index (κ2) is 2.64. The fraction of sp³-hybridized carbons (Fsp3) is 0.125. The Bertz CT molecular complexity index is 434. The Labute approximate surface area is 79.7 Å². The van der Waals surface area contributed by atoms with Crippen molar-refractivity contribution in [2.24, 2.45) is 0 Å². The van der Waals surface area contributed by atoms with E-state index in [1.807, 2.05) is 11.3 Å². The van der Waals surface area contributed by atoms with Crippen molar-refractivity contribution in [2.75, 3.05) is 0 Å². The molecule has 2 heterocycles. The Kier molecular flexibility index (Phi) is 1.74. The third-order valence-electron chi connectivity index (χ3n) is 1.83. The van der Waals surface area contributed by atoms with Crippen LogP contribution in [0.15, 0.2) is 18.6 Å². The SMILES string of the molecule is Cc1c(Cl)c(Cl)cc2cncn12. The molecule has 0 aromatic carbocycles. The maximum absolute atomic E-state index is 5.93. The van der Waals surface area contributed by atoms with Gasteiger partial charge in [-0.1, -0.05) is 23.2 Å². The molecule has 2 aromatic heterocycles. The van der Waals surface area contributed by atoms with Crippen LogP contribution < -0.4 is 0 Å². The van der Waals surface area contributed by atoms with Gasteiger partial charge in [-0.05, 0) is 13.0 Å². The molecular formula is C8H6Cl2N2. The molecule has 2 nitrogen and oxygen atoms in total. The summed E-state index contributed by atoms with van der Waals surface area (Å²) in [5.74, 6) is 0. The molecule has 0 bridgehead atoms. The molecule has 2 aromatic rings. The van der Waals surface area contributed by atoms with Gasteiger partial charge in [0.25, 0.3) is 0 Å². The molecule has 0 aliphatic carbocycles. The van der Waals surface area contributed by atoms with Crippen molar-refractivity contribution in [2.45, 2.75) is 6.92 Å². The predicted molar refractivity (Wildman–Crippen MR) is 49.9 cm³/mol. The first-order valence-electron chi connectivity index (χ1n) is 3.47. The van der Waals surface area contributed by atoms with Crippen LogP contribution in [-0.4, -0.2) is 9.38 Å². The van der Waals surface area contributed by atoms with Gasteiger partial charge in [0.05, 0.1) is 28.1 Å². The van der Waals surface area contributed by atoms with E-state index in [4.69, 9.17) is 23.2 Å². The summed E-state index contributed by atoms with van der Waals surface area (Å²) in [5, 5.41) is 1.16. The summed E-state index contributed by atoms with van der Waals surface area (Å²) in [4.78, 5) is 3.99. The Morgan fingerprint density at radius 2 is 2.17 bits per heavy atom. The number of hydrogen-bond acceptors (Lipinski definition) is 1. The van der Waals surface area contributed by atoms with Crippen LogP contribution in [0.4, 0.5) is 0 Å². The number of imidazole rings is 1. The smallest absolute Gasteiger partial charge is 0.0994 e. The molecule has 2 rings (SSSR count). The number of aryl methyl sites for hydroxylation is 1. The van der Waals surface area contributed by atoms with Gasteiger partial charge in [-0.15, -0.1) is 0 Å². The van der Waals surface area contributed by atoms with Crippen LogP contribution >= 0.6 is 23.2 Å². The van der Waals surface area contributed by atoms with E-state index in [1.165, 1.54) is 0 Å². The molecule has 62 valence electrons. The quantitative estimate of drug-likeness (QED) is 0.640. The highest BCUT2D eigenvalue weighted by atomic mass is 35.5. The molecule has 0 unspecified atom stereocenters. The average molecular weight is 201 g/mol. The second-order valence-corrected chi connectivity index (χ2v) is 3.37. The molecule has 0 fully saturated rings. The van der Waals surface area contributed by atoms with Crippen LogP contribution in [0.1, 0.15) is 5.69 Å². The maximum Gasteiger partial charge on any atom is 0.0994 e. The molecule has 12 heavy (non-hydrogen) atoms. The summed E-state index contributed by atoms with van der Waals surface area (Å²) in [7, 11) is 0. The lowest BCUT2D eigenvalue weighted by Crippen LogP contribution is -1.90. The fourth-order valence-electron chi connectivity index (χ4n) is 1.16. The standard InChI is InChI=1S/C8H6Cl2N2/c1-5-8(10)7(9)2-6-3-11-4-12(5)6/h2-4H,1H3. The van der Waals surface area contributed by atoms with E-state index in [2.05, 4.69) is 4.98 Å². The lowest BCUT2D eigenvalue weighted by atomic mass is 10.3. The third-order valence-corrected chi connectivity index (χ3v) is 2.70. The molecule has 4 heteroatoms. The number of fused-ring (bicyclic) bond motifs is 1. The topological polar surface area (TPSA) is 17.3 Å². The molecule has 0 spiro atoms. The predicted octanol–water partition coefficient (Wildman–Crippen LogP) is 2.95. The van der Waals surface area contributed by atoms with Crippen LogP contribution in [0, 0.1) is 6.92 Å². The summed E-state index contributed by atoms with van der Waals surface area (Å²) in [6.45, 7) is 1.91. The average Bonchev–Trinajstić information content (AvgIpc) is 2.48. The molecule has 0 saturated heterocycles. The molecule has 0 aliphatic rings. The van der Waals surface area contributed by atoms with Gasteiger partial charge < -0.3 is 4.40 Å². The lowest BCUT2D eigenvalue weighted by molar-refractivity contribution is 1.08. The highest BCUT2D eigenvalue weighted by molar-refractivity contribution is 6.42. The number of halogens is 2. The van der Waals surface area contributed by atoms with E-state index in [0.29, 0.717) is 10.0 Å². The van der Waals surface area contributed by atoms with Crippen LogP contribution in [0.3, 0.4) is 0 Å². The first-order valence-corrected chi connectivity index (χ1v) is 4.22. The minimum atomic E-state index is 0.571. The zero-order valence-corrected chi connectivity index (χ0v) is 7.89. The van der Waals surface area contributed by atoms with Gasteiger partial charge in [-0.3, -0.25) is 0 Å². The zero-order valence-electron chi connectivity index (χ0n) is 6.38. The molecule has 0 aliphatic heterocycles. The first kappa shape index (κ1) is 7.90. The summed E-state index contributed by atoms with van der Waals surface area (Å²) >= 11 is 11.8. The summed E-state index contributed by atoms with van der Waals surface area (Å²) < 4.78 is 1.90. The number of rotatable bonds is 0. The number of pyridine rings is 1. The third kappa shape index (κ3) is 0.993. The van der Waals surface area contributed by atoms with Crippen molar-refractivity contribution in [3.63, 3.8) is 0 Å². The fourth-order valence-corrected chi connectivity index (χ4v) is 1.56. The monoisotopic (exact) mass is 200 g/mol. The van der Waals surface area contributed by atoms with Crippen LogP contribution in [0.2, 0.25) is 10.0 Å². The summed E-state index contributed by atoms with van der Waals surface area (Å²) in [6, 6.07) is 1.80. The van der Waals surface area contributed by atoms with Crippen LogP contribution in [0.25, 0.3) is 5.52 Å². The molecular weight excluding hydrogens is 195 g/mol. The van der Waals surface area contributed by atoms with Crippen molar-refractivity contribution in [1.29, 1.82) is 0 Å². The minimum absolute atomic E-state index is 0.571. The van der Waals surface area contributed by atoms with E-state index < -0.39 is 0 Å². The first-order chi connectivity index (χ1) is 5.70. The van der Waals surface area contributed by atoms with Crippen molar-refractivity contribution < 1.29 is 0 Å². The molecule has 0 saturated carbocycles. The van der Waals surface area contributed by atoms with Crippen molar-refractivity contribution in [1.82, 2.24) is 9.38 Å². The zero-order chi connectivity index (χ0) is 8.72. The van der Waals surface area contributed by atoms with Gasteiger partial charge in [0.2, 0.25) is 0 Å². The molecule has 0 amide bonds. The Hall–Kier alpha value is -0.730. The van der Waals surface area contributed by atoms with Gasteiger partial charge in [0.1, 0.15) is 0 Å². The number of aromatic nitrogens is 2. The van der Waals surface area contributed by atoms with E-state index in [1.54, 1.807) is 18.6 Å². The Balaban J connectivity index is 2.94. The Morgan fingerprint density at radius 1 is 1.42 bits per heavy atom. The second-order valence-electron chi connectivity index (χ2n) is 2.58. The lowest BCUT2D eigenvalue weighted by Gasteiger charge is -2.03. The van der Waals surface area contributed by atoms with Gasteiger partial charge in [-0.2, -0.15) is 0 Å². The minimum Gasteiger partial charge on any atom is -0.302 e. The van der Waals surface area contributed by atoms with Crippen LogP contribution in [-0.2, 0) is 0 Å². The van der Waals surface area contributed by atoms with E-state index in [9.17, 15) is 0 Å². The van der Waals surface area contributed by atoms with Crippen molar-refractivity contribution in [3.05, 3.63) is 34.3 Å². The van der Waals surface area contributed by atoms with Crippen LogP contribution in [0.5, 0.6) is 0 Å². The van der Waals surface area contributed by atoms with Gasteiger partial charge in [-0.25, -0.2) is 4.98 Å². The number of nitrogens with zero attached hydrogens (tertiary/aromatic N) is 2. The largest absolute Gasteiger partial charge is 0.302 e. The van der Waals surface area contributed by atoms with Gasteiger partial charge in [0.15, 0.2) is 0 Å². The summed E-state index contributed by atoms with van der Waals surface area (Å²) in [6.07, 6.45) is 3.46. The molecule has 0 atom stereocenters. The highest BCUT2D eigenvalue weighted by Gasteiger charge is 2.05. The van der Waals surface area contributed by atoms with Crippen molar-refractivity contribution >= 4 is 28.7 Å². The normalized spacial score (nSPS) is 10.9. The van der Waals surface area contributed by atoms with E-state index in [-0.39, 0.29) is 0 Å².